The molecule has 0 bridgehead atoms. The normalized spacial score (nSPS) is 10.4. The van der Waals surface area contributed by atoms with E-state index in [9.17, 15) is 8.78 Å². The molecule has 0 aliphatic rings. The molecule has 4 heteroatoms. The predicted molar refractivity (Wildman–Crippen MR) is 67.2 cm³/mol. The number of hydrogen-bond donors (Lipinski definition) is 0. The Morgan fingerprint density at radius 3 is 2.44 bits per heavy atom. The van der Waals surface area contributed by atoms with Crippen molar-refractivity contribution in [2.75, 3.05) is 0 Å². The van der Waals surface area contributed by atoms with Crippen molar-refractivity contribution in [3.05, 3.63) is 59.2 Å². The van der Waals surface area contributed by atoms with E-state index in [0.717, 1.165) is 0 Å². The van der Waals surface area contributed by atoms with E-state index >= 15 is 0 Å². The molecular weight excluding hydrogens is 258 g/mol. The molecule has 18 heavy (non-hydrogen) atoms. The summed E-state index contributed by atoms with van der Waals surface area (Å²) >= 11 is 5.66. The Kier molecular flexibility index (Phi) is 3.82. The second-order valence-corrected chi connectivity index (χ2v) is 4.11. The van der Waals surface area contributed by atoms with E-state index in [2.05, 4.69) is 0 Å². The van der Waals surface area contributed by atoms with Crippen LogP contribution in [0.2, 0.25) is 0 Å². The van der Waals surface area contributed by atoms with Crippen molar-refractivity contribution in [1.82, 2.24) is 0 Å². The molecule has 0 heterocycles. The molecule has 0 unspecified atom stereocenters. The Morgan fingerprint density at radius 2 is 1.72 bits per heavy atom. The summed E-state index contributed by atoms with van der Waals surface area (Å²) in [4.78, 5) is 0. The van der Waals surface area contributed by atoms with Crippen molar-refractivity contribution in [2.24, 2.45) is 0 Å². The van der Waals surface area contributed by atoms with Crippen LogP contribution in [0.25, 0.3) is 0 Å². The summed E-state index contributed by atoms with van der Waals surface area (Å²) in [5.41, 5.74) is 0.691. The molecule has 0 aromatic heterocycles. The maximum absolute atomic E-state index is 13.8. The summed E-state index contributed by atoms with van der Waals surface area (Å²) in [6.45, 7) is 1.64. The number of halogens is 3. The van der Waals surface area contributed by atoms with Crippen LogP contribution in [0.15, 0.2) is 36.4 Å². The van der Waals surface area contributed by atoms with Gasteiger partial charge in [0.25, 0.3) is 0 Å². The monoisotopic (exact) mass is 268 g/mol. The molecule has 0 spiro atoms. The van der Waals surface area contributed by atoms with E-state index in [1.165, 1.54) is 18.2 Å². The molecule has 0 fully saturated rings. The standard InChI is InChI=1S/C14H11ClF2O/c1-9-4-2-7-13(14(9)17)18-12-6-3-5-11(16)10(12)8-15/h2-7H,8H2,1H3. The van der Waals surface area contributed by atoms with Gasteiger partial charge in [0.1, 0.15) is 11.6 Å². The average Bonchev–Trinajstić information content (AvgIpc) is 2.35. The van der Waals surface area contributed by atoms with Crippen molar-refractivity contribution >= 4 is 11.6 Å². The fourth-order valence-electron chi connectivity index (χ4n) is 1.58. The SMILES string of the molecule is Cc1cccc(Oc2cccc(F)c2CCl)c1F. The van der Waals surface area contributed by atoms with Crippen LogP contribution >= 0.6 is 11.6 Å². The van der Waals surface area contributed by atoms with Crippen LogP contribution < -0.4 is 4.74 Å². The number of hydrogen-bond acceptors (Lipinski definition) is 1. The molecule has 94 valence electrons. The smallest absolute Gasteiger partial charge is 0.168 e. The molecule has 2 rings (SSSR count). The fraction of sp³-hybridized carbons (Fsp3) is 0.143. The Bertz CT molecular complexity index is 570. The van der Waals surface area contributed by atoms with Crippen LogP contribution in [-0.2, 0) is 5.88 Å². The summed E-state index contributed by atoms with van der Waals surface area (Å²) in [6, 6.07) is 9.14. The van der Waals surface area contributed by atoms with Crippen LogP contribution in [0.3, 0.4) is 0 Å². The van der Waals surface area contributed by atoms with Crippen LogP contribution in [0.1, 0.15) is 11.1 Å². The summed E-state index contributed by atoms with van der Waals surface area (Å²) in [5, 5.41) is 0. The lowest BCUT2D eigenvalue weighted by atomic mass is 10.2. The molecule has 0 saturated carbocycles. The van der Waals surface area contributed by atoms with Gasteiger partial charge in [-0.15, -0.1) is 11.6 Å². The van der Waals surface area contributed by atoms with E-state index < -0.39 is 11.6 Å². The van der Waals surface area contributed by atoms with Gasteiger partial charge in [-0.25, -0.2) is 8.78 Å². The Labute approximate surface area is 109 Å². The third-order valence-electron chi connectivity index (χ3n) is 2.59. The van der Waals surface area contributed by atoms with E-state index in [1.54, 1.807) is 25.1 Å². The van der Waals surface area contributed by atoms with E-state index in [4.69, 9.17) is 16.3 Å². The molecule has 0 saturated heterocycles. The maximum atomic E-state index is 13.8. The second-order valence-electron chi connectivity index (χ2n) is 3.84. The van der Waals surface area contributed by atoms with Crippen LogP contribution in [0, 0.1) is 18.6 Å². The zero-order valence-electron chi connectivity index (χ0n) is 9.71. The van der Waals surface area contributed by atoms with Crippen LogP contribution in [0.4, 0.5) is 8.78 Å². The topological polar surface area (TPSA) is 9.23 Å². The number of ether oxygens (including phenoxy) is 1. The van der Waals surface area contributed by atoms with Crippen LogP contribution in [-0.4, -0.2) is 0 Å². The minimum Gasteiger partial charge on any atom is -0.454 e. The predicted octanol–water partition coefficient (Wildman–Crippen LogP) is 4.80. The lowest BCUT2D eigenvalue weighted by Crippen LogP contribution is -1.95. The molecule has 0 atom stereocenters. The lowest BCUT2D eigenvalue weighted by molar-refractivity contribution is 0.432. The molecular formula is C14H11ClF2O. The Balaban J connectivity index is 2.40. The average molecular weight is 269 g/mol. The maximum Gasteiger partial charge on any atom is 0.168 e. The highest BCUT2D eigenvalue weighted by Gasteiger charge is 2.12. The second kappa shape index (κ2) is 5.36. The molecule has 0 radical (unpaired) electrons. The summed E-state index contributed by atoms with van der Waals surface area (Å²) in [6.07, 6.45) is 0. The first-order chi connectivity index (χ1) is 8.63. The van der Waals surface area contributed by atoms with Gasteiger partial charge in [0.2, 0.25) is 0 Å². The van der Waals surface area contributed by atoms with Crippen molar-refractivity contribution < 1.29 is 13.5 Å². The first-order valence-corrected chi connectivity index (χ1v) is 5.93. The van der Waals surface area contributed by atoms with E-state index in [1.807, 2.05) is 0 Å². The number of aryl methyl sites for hydroxylation is 1. The first-order valence-electron chi connectivity index (χ1n) is 5.40. The molecule has 0 aliphatic heterocycles. The van der Waals surface area contributed by atoms with Gasteiger partial charge in [-0.05, 0) is 30.7 Å². The van der Waals surface area contributed by atoms with Crippen molar-refractivity contribution in [3.8, 4) is 11.5 Å². The largest absolute Gasteiger partial charge is 0.454 e. The number of rotatable bonds is 3. The van der Waals surface area contributed by atoms with Gasteiger partial charge in [-0.2, -0.15) is 0 Å². The molecule has 1 nitrogen and oxygen atoms in total. The van der Waals surface area contributed by atoms with Gasteiger partial charge >= 0.3 is 0 Å². The van der Waals surface area contributed by atoms with Crippen molar-refractivity contribution in [3.63, 3.8) is 0 Å². The third kappa shape index (κ3) is 2.46. The third-order valence-corrected chi connectivity index (χ3v) is 2.85. The van der Waals surface area contributed by atoms with Crippen LogP contribution in [0.5, 0.6) is 11.5 Å². The van der Waals surface area contributed by atoms with Gasteiger partial charge < -0.3 is 4.74 Å². The van der Waals surface area contributed by atoms with E-state index in [0.29, 0.717) is 5.56 Å². The zero-order valence-corrected chi connectivity index (χ0v) is 10.5. The van der Waals surface area contributed by atoms with Gasteiger partial charge in [-0.1, -0.05) is 18.2 Å². The number of benzene rings is 2. The summed E-state index contributed by atoms with van der Waals surface area (Å²) < 4.78 is 32.6. The minimum absolute atomic E-state index is 0.0323. The highest BCUT2D eigenvalue weighted by molar-refractivity contribution is 6.17. The van der Waals surface area contributed by atoms with Gasteiger partial charge in [0.15, 0.2) is 11.6 Å². The van der Waals surface area contributed by atoms with Gasteiger partial charge in [-0.3, -0.25) is 0 Å². The Morgan fingerprint density at radius 1 is 1.06 bits per heavy atom. The van der Waals surface area contributed by atoms with Crippen molar-refractivity contribution in [2.45, 2.75) is 12.8 Å². The van der Waals surface area contributed by atoms with Gasteiger partial charge in [0.05, 0.1) is 5.88 Å². The highest BCUT2D eigenvalue weighted by atomic mass is 35.5. The molecule has 0 aliphatic carbocycles. The summed E-state index contributed by atoms with van der Waals surface area (Å²) in [5.74, 6) is -0.658. The highest BCUT2D eigenvalue weighted by Crippen LogP contribution is 2.30. The Hall–Kier alpha value is -1.61. The first kappa shape index (κ1) is 12.8. The lowest BCUT2D eigenvalue weighted by Gasteiger charge is -2.11. The molecule has 0 N–H and O–H groups in total. The molecule has 2 aromatic rings. The molecule has 0 amide bonds. The fourth-order valence-corrected chi connectivity index (χ4v) is 1.84. The number of alkyl halides is 1. The summed E-state index contributed by atoms with van der Waals surface area (Å²) in [7, 11) is 0. The van der Waals surface area contributed by atoms with E-state index in [-0.39, 0.29) is 22.9 Å². The quantitative estimate of drug-likeness (QED) is 0.726. The van der Waals surface area contributed by atoms with Crippen molar-refractivity contribution in [1.29, 1.82) is 0 Å². The zero-order chi connectivity index (χ0) is 13.1. The molecule has 2 aromatic carbocycles. The minimum atomic E-state index is -0.462. The van der Waals surface area contributed by atoms with Gasteiger partial charge in [0, 0.05) is 5.56 Å².